The van der Waals surface area contributed by atoms with E-state index in [9.17, 15) is 14.4 Å². The molecule has 0 bridgehead atoms. The van der Waals surface area contributed by atoms with E-state index < -0.39 is 0 Å². The van der Waals surface area contributed by atoms with Crippen LogP contribution in [0, 0.1) is 0 Å². The third-order valence-electron chi connectivity index (χ3n) is 4.59. The van der Waals surface area contributed by atoms with Gasteiger partial charge in [0.2, 0.25) is 17.7 Å². The summed E-state index contributed by atoms with van der Waals surface area (Å²) in [5.74, 6) is -0.407. The maximum absolute atomic E-state index is 12.6. The van der Waals surface area contributed by atoms with Crippen molar-refractivity contribution in [1.29, 1.82) is 0 Å². The lowest BCUT2D eigenvalue weighted by Gasteiger charge is -2.33. The number of likely N-dealkylation sites (N-methyl/N-ethyl adjacent to an activating group) is 1. The average molecular weight is 341 g/mol. The summed E-state index contributed by atoms with van der Waals surface area (Å²) >= 11 is 0. The third kappa shape index (κ3) is 4.07. The fourth-order valence-corrected chi connectivity index (χ4v) is 3.04. The van der Waals surface area contributed by atoms with E-state index in [1.807, 2.05) is 30.3 Å². The highest BCUT2D eigenvalue weighted by Crippen LogP contribution is 2.33. The monoisotopic (exact) mass is 341 g/mol. The van der Waals surface area contributed by atoms with Crippen LogP contribution in [-0.4, -0.2) is 47.2 Å². The summed E-state index contributed by atoms with van der Waals surface area (Å²) in [6.07, 6.45) is 5.78. The first-order valence-electron chi connectivity index (χ1n) is 8.55. The molecule has 2 aliphatic rings. The van der Waals surface area contributed by atoms with Crippen LogP contribution in [0.2, 0.25) is 0 Å². The molecular weight excluding hydrogens is 318 g/mol. The van der Waals surface area contributed by atoms with Crippen molar-refractivity contribution in [2.75, 3.05) is 13.6 Å². The molecule has 0 spiro atoms. The van der Waals surface area contributed by atoms with Crippen molar-refractivity contribution >= 4 is 23.8 Å². The van der Waals surface area contributed by atoms with Crippen LogP contribution < -0.4 is 5.32 Å². The maximum atomic E-state index is 12.6. The van der Waals surface area contributed by atoms with Gasteiger partial charge in [-0.1, -0.05) is 24.3 Å². The Bertz CT molecular complexity index is 724. The second-order valence-corrected chi connectivity index (χ2v) is 6.68. The summed E-state index contributed by atoms with van der Waals surface area (Å²) in [5.41, 5.74) is 1.95. The molecule has 3 rings (SSSR count). The first kappa shape index (κ1) is 17.2. The van der Waals surface area contributed by atoms with Crippen LogP contribution >= 0.6 is 0 Å². The van der Waals surface area contributed by atoms with Crippen molar-refractivity contribution in [3.63, 3.8) is 0 Å². The van der Waals surface area contributed by atoms with E-state index >= 15 is 0 Å². The van der Waals surface area contributed by atoms with Gasteiger partial charge in [0.25, 0.3) is 0 Å². The van der Waals surface area contributed by atoms with E-state index in [1.54, 1.807) is 18.1 Å². The van der Waals surface area contributed by atoms with Crippen molar-refractivity contribution < 1.29 is 14.4 Å². The first-order valence-corrected chi connectivity index (χ1v) is 8.55. The number of hydrogen-bond donors (Lipinski definition) is 1. The van der Waals surface area contributed by atoms with Crippen LogP contribution in [-0.2, 0) is 14.4 Å². The number of rotatable bonds is 5. The molecule has 1 saturated carbocycles. The van der Waals surface area contributed by atoms with Crippen LogP contribution in [0.1, 0.15) is 43.4 Å². The summed E-state index contributed by atoms with van der Waals surface area (Å²) in [5, 5.41) is 2.88. The average Bonchev–Trinajstić information content (AvgIpc) is 3.38. The molecule has 25 heavy (non-hydrogen) atoms. The Morgan fingerprint density at radius 3 is 2.64 bits per heavy atom. The number of benzene rings is 1. The summed E-state index contributed by atoms with van der Waals surface area (Å²) in [6, 6.07) is 7.67. The molecule has 6 heteroatoms. The van der Waals surface area contributed by atoms with Gasteiger partial charge in [-0.05, 0) is 30.0 Å². The molecule has 1 aliphatic carbocycles. The minimum Gasteiger partial charge on any atom is -0.352 e. The highest BCUT2D eigenvalue weighted by atomic mass is 16.2. The summed E-state index contributed by atoms with van der Waals surface area (Å²) in [6.45, 7) is 1.53. The molecule has 1 aromatic rings. The molecule has 0 radical (unpaired) electrons. The molecule has 132 valence electrons. The molecule has 6 nitrogen and oxygen atoms in total. The highest BCUT2D eigenvalue weighted by molar-refractivity contribution is 5.86. The van der Waals surface area contributed by atoms with Gasteiger partial charge < -0.3 is 15.1 Å². The predicted molar refractivity (Wildman–Crippen MR) is 94.2 cm³/mol. The molecule has 1 atom stereocenters. The smallest absolute Gasteiger partial charge is 0.239 e. The molecule has 3 amide bonds. The van der Waals surface area contributed by atoms with E-state index in [1.165, 1.54) is 11.8 Å². The van der Waals surface area contributed by atoms with Gasteiger partial charge in [-0.15, -0.1) is 0 Å². The molecule has 0 aromatic heterocycles. The molecule has 1 heterocycles. The molecule has 1 fully saturated rings. The SMILES string of the molecule is CC(=O)N1C=Cc2ccccc2C1CC(=O)N(C)CC(=O)NC1CC1. The Morgan fingerprint density at radius 1 is 1.24 bits per heavy atom. The number of fused-ring (bicyclic) bond motifs is 1. The van der Waals surface area contributed by atoms with Crippen molar-refractivity contribution in [1.82, 2.24) is 15.1 Å². The van der Waals surface area contributed by atoms with Crippen molar-refractivity contribution in [3.8, 4) is 0 Å². The zero-order valence-electron chi connectivity index (χ0n) is 14.6. The number of hydrogen-bond acceptors (Lipinski definition) is 3. The molecule has 1 aromatic carbocycles. The van der Waals surface area contributed by atoms with E-state index in [-0.39, 0.29) is 42.8 Å². The standard InChI is InChI=1S/C19H23N3O3/c1-13(23)22-10-9-14-5-3-4-6-16(14)17(22)11-19(25)21(2)12-18(24)20-15-7-8-15/h3-6,9-10,15,17H,7-8,11-12H2,1-2H3,(H,20,24). The Morgan fingerprint density at radius 2 is 1.96 bits per heavy atom. The lowest BCUT2D eigenvalue weighted by atomic mass is 9.93. The van der Waals surface area contributed by atoms with Gasteiger partial charge >= 0.3 is 0 Å². The van der Waals surface area contributed by atoms with Crippen molar-refractivity contribution in [3.05, 3.63) is 41.6 Å². The number of carbonyl (C=O) groups excluding carboxylic acids is 3. The third-order valence-corrected chi connectivity index (χ3v) is 4.59. The van der Waals surface area contributed by atoms with Crippen molar-refractivity contribution in [2.24, 2.45) is 0 Å². The van der Waals surface area contributed by atoms with E-state index in [0.717, 1.165) is 24.0 Å². The lowest BCUT2D eigenvalue weighted by molar-refractivity contribution is -0.137. The Hall–Kier alpha value is -2.63. The minimum absolute atomic E-state index is 0.0413. The van der Waals surface area contributed by atoms with Gasteiger partial charge in [0, 0.05) is 26.2 Å². The van der Waals surface area contributed by atoms with Crippen LogP contribution in [0.15, 0.2) is 30.5 Å². The van der Waals surface area contributed by atoms with E-state index in [4.69, 9.17) is 0 Å². The molecule has 0 saturated heterocycles. The van der Waals surface area contributed by atoms with Crippen LogP contribution in [0.3, 0.4) is 0 Å². The summed E-state index contributed by atoms with van der Waals surface area (Å²) in [7, 11) is 1.62. The van der Waals surface area contributed by atoms with E-state index in [2.05, 4.69) is 5.32 Å². The maximum Gasteiger partial charge on any atom is 0.239 e. The number of nitrogens with zero attached hydrogens (tertiary/aromatic N) is 2. The van der Waals surface area contributed by atoms with Gasteiger partial charge in [-0.25, -0.2) is 0 Å². The van der Waals surface area contributed by atoms with Gasteiger partial charge in [0.1, 0.15) is 0 Å². The van der Waals surface area contributed by atoms with Crippen LogP contribution in [0.4, 0.5) is 0 Å². The van der Waals surface area contributed by atoms with E-state index in [0.29, 0.717) is 0 Å². The zero-order chi connectivity index (χ0) is 18.0. The molecule has 1 N–H and O–H groups in total. The second kappa shape index (κ2) is 7.09. The Kier molecular flexibility index (Phi) is 4.88. The molecular formula is C19H23N3O3. The van der Waals surface area contributed by atoms with Gasteiger partial charge in [-0.3, -0.25) is 14.4 Å². The minimum atomic E-state index is -0.347. The topological polar surface area (TPSA) is 69.7 Å². The lowest BCUT2D eigenvalue weighted by Crippen LogP contribution is -2.41. The Labute approximate surface area is 147 Å². The van der Waals surface area contributed by atoms with Crippen LogP contribution in [0.5, 0.6) is 0 Å². The summed E-state index contributed by atoms with van der Waals surface area (Å²) < 4.78 is 0. The zero-order valence-corrected chi connectivity index (χ0v) is 14.6. The normalized spacial score (nSPS) is 18.5. The fraction of sp³-hybridized carbons (Fsp3) is 0.421. The molecule has 1 aliphatic heterocycles. The van der Waals surface area contributed by atoms with Crippen LogP contribution in [0.25, 0.3) is 6.08 Å². The fourth-order valence-electron chi connectivity index (χ4n) is 3.04. The van der Waals surface area contributed by atoms with Gasteiger partial charge in [0.15, 0.2) is 0 Å². The summed E-state index contributed by atoms with van der Waals surface area (Å²) in [4.78, 5) is 39.5. The van der Waals surface area contributed by atoms with Gasteiger partial charge in [0.05, 0.1) is 19.0 Å². The molecule has 1 unspecified atom stereocenters. The predicted octanol–water partition coefficient (Wildman–Crippen LogP) is 1.69. The first-order chi connectivity index (χ1) is 12.0. The number of nitrogens with one attached hydrogen (secondary N) is 1. The highest BCUT2D eigenvalue weighted by Gasteiger charge is 2.30. The Balaban J connectivity index is 1.69. The largest absolute Gasteiger partial charge is 0.352 e. The number of carbonyl (C=O) groups is 3. The van der Waals surface area contributed by atoms with Gasteiger partial charge in [-0.2, -0.15) is 0 Å². The van der Waals surface area contributed by atoms with Crippen molar-refractivity contribution in [2.45, 2.75) is 38.3 Å². The number of amides is 3. The quantitative estimate of drug-likeness (QED) is 0.886. The second-order valence-electron chi connectivity index (χ2n) is 6.68.